The van der Waals surface area contributed by atoms with Gasteiger partial charge in [-0.2, -0.15) is 4.99 Å². The van der Waals surface area contributed by atoms with Crippen molar-refractivity contribution in [2.75, 3.05) is 20.8 Å². The molecule has 1 aromatic rings. The van der Waals surface area contributed by atoms with Crippen LogP contribution in [0.4, 0.5) is 0 Å². The van der Waals surface area contributed by atoms with E-state index in [-0.39, 0.29) is 12.5 Å². The van der Waals surface area contributed by atoms with Crippen LogP contribution in [0.2, 0.25) is 0 Å². The summed E-state index contributed by atoms with van der Waals surface area (Å²) in [6, 6.07) is 5.30. The van der Waals surface area contributed by atoms with Crippen molar-refractivity contribution < 1.29 is 23.8 Å². The van der Waals surface area contributed by atoms with Gasteiger partial charge >= 0.3 is 5.97 Å². The first kappa shape index (κ1) is 15.1. The number of aliphatic imine (C=N–C) groups is 1. The highest BCUT2D eigenvalue weighted by molar-refractivity contribution is 5.88. The second kappa shape index (κ2) is 5.97. The van der Waals surface area contributed by atoms with Crippen molar-refractivity contribution in [2.24, 2.45) is 4.99 Å². The van der Waals surface area contributed by atoms with Gasteiger partial charge in [-0.1, -0.05) is 0 Å². The number of esters is 1. The molecule has 0 bridgehead atoms. The molecule has 0 saturated heterocycles. The lowest BCUT2D eigenvalue weighted by Gasteiger charge is -2.13. The second-order valence-electron chi connectivity index (χ2n) is 4.71. The van der Waals surface area contributed by atoms with Crippen LogP contribution in [-0.2, 0) is 14.3 Å². The maximum absolute atomic E-state index is 12.1. The van der Waals surface area contributed by atoms with Crippen LogP contribution in [0.25, 0.3) is 0 Å². The highest BCUT2D eigenvalue weighted by Crippen LogP contribution is 2.57. The normalized spacial score (nSPS) is 22.9. The third-order valence-electron chi connectivity index (χ3n) is 3.62. The van der Waals surface area contributed by atoms with Crippen molar-refractivity contribution in [2.45, 2.75) is 24.8 Å². The Morgan fingerprint density at radius 1 is 1.43 bits per heavy atom. The van der Waals surface area contributed by atoms with E-state index in [0.717, 1.165) is 5.56 Å². The zero-order valence-corrected chi connectivity index (χ0v) is 12.2. The highest BCUT2D eigenvalue weighted by atomic mass is 16.5. The van der Waals surface area contributed by atoms with Gasteiger partial charge in [-0.3, -0.25) is 0 Å². The molecule has 2 rings (SSSR count). The number of benzene rings is 1. The van der Waals surface area contributed by atoms with E-state index in [1.165, 1.54) is 6.08 Å². The van der Waals surface area contributed by atoms with Gasteiger partial charge in [0.25, 0.3) is 0 Å². The van der Waals surface area contributed by atoms with Crippen LogP contribution in [0.3, 0.4) is 0 Å². The van der Waals surface area contributed by atoms with E-state index in [1.807, 2.05) is 0 Å². The number of ether oxygens (including phenoxy) is 3. The van der Waals surface area contributed by atoms with Gasteiger partial charge in [0.15, 0.2) is 5.54 Å². The highest BCUT2D eigenvalue weighted by Gasteiger charge is 2.63. The summed E-state index contributed by atoms with van der Waals surface area (Å²) in [5, 5.41) is 0. The molecular formula is C15H17NO5. The van der Waals surface area contributed by atoms with Crippen molar-refractivity contribution in [3.8, 4) is 11.5 Å². The van der Waals surface area contributed by atoms with Gasteiger partial charge in [0.05, 0.1) is 20.8 Å². The summed E-state index contributed by atoms with van der Waals surface area (Å²) in [5.41, 5.74) is -0.416. The first-order valence-electron chi connectivity index (χ1n) is 6.61. The van der Waals surface area contributed by atoms with E-state index in [9.17, 15) is 9.59 Å². The van der Waals surface area contributed by atoms with Gasteiger partial charge in [-0.05, 0) is 31.5 Å². The smallest absolute Gasteiger partial charge is 0.335 e. The summed E-state index contributed by atoms with van der Waals surface area (Å²) in [6.07, 6.45) is 1.87. The summed E-state index contributed by atoms with van der Waals surface area (Å²) in [6.45, 7) is 1.94. The first-order chi connectivity index (χ1) is 10.1. The van der Waals surface area contributed by atoms with Gasteiger partial charge in [0.2, 0.25) is 6.08 Å². The third kappa shape index (κ3) is 2.62. The summed E-state index contributed by atoms with van der Waals surface area (Å²) in [5.74, 6) is 0.477. The SMILES string of the molecule is CCOC(=O)C1(N=C=O)CC1c1cc(OC)ccc1OC. The molecule has 2 atom stereocenters. The molecule has 0 aromatic heterocycles. The third-order valence-corrected chi connectivity index (χ3v) is 3.62. The lowest BCUT2D eigenvalue weighted by Crippen LogP contribution is -2.25. The lowest BCUT2D eigenvalue weighted by atomic mass is 10.0. The number of hydrogen-bond donors (Lipinski definition) is 0. The van der Waals surface area contributed by atoms with Crippen molar-refractivity contribution in [1.29, 1.82) is 0 Å². The molecule has 0 aliphatic heterocycles. The topological polar surface area (TPSA) is 74.2 Å². The maximum atomic E-state index is 12.1. The van der Waals surface area contributed by atoms with Crippen LogP contribution < -0.4 is 9.47 Å². The van der Waals surface area contributed by atoms with Gasteiger partial charge in [-0.25, -0.2) is 9.59 Å². The lowest BCUT2D eigenvalue weighted by molar-refractivity contribution is -0.145. The predicted octanol–water partition coefficient (Wildman–Crippen LogP) is 1.83. The minimum atomic E-state index is -1.18. The molecule has 1 aromatic carbocycles. The molecule has 0 radical (unpaired) electrons. The van der Waals surface area contributed by atoms with Crippen molar-refractivity contribution in [1.82, 2.24) is 0 Å². The van der Waals surface area contributed by atoms with Crippen molar-refractivity contribution in [3.05, 3.63) is 23.8 Å². The first-order valence-corrected chi connectivity index (χ1v) is 6.61. The molecule has 0 spiro atoms. The molecular weight excluding hydrogens is 274 g/mol. The number of hydrogen-bond acceptors (Lipinski definition) is 6. The molecule has 21 heavy (non-hydrogen) atoms. The molecule has 0 amide bonds. The molecule has 0 N–H and O–H groups in total. The minimum Gasteiger partial charge on any atom is -0.497 e. The summed E-state index contributed by atoms with van der Waals surface area (Å²) in [7, 11) is 3.10. The van der Waals surface area contributed by atoms with E-state index < -0.39 is 11.5 Å². The van der Waals surface area contributed by atoms with Crippen LogP contribution in [0.5, 0.6) is 11.5 Å². The fourth-order valence-corrected chi connectivity index (χ4v) is 2.46. The van der Waals surface area contributed by atoms with Gasteiger partial charge in [0, 0.05) is 11.5 Å². The molecule has 0 heterocycles. The van der Waals surface area contributed by atoms with Crippen LogP contribution in [0.1, 0.15) is 24.8 Å². The Morgan fingerprint density at radius 2 is 2.19 bits per heavy atom. The van der Waals surface area contributed by atoms with E-state index in [0.29, 0.717) is 17.9 Å². The quantitative estimate of drug-likeness (QED) is 0.454. The zero-order chi connectivity index (χ0) is 15.5. The average molecular weight is 291 g/mol. The predicted molar refractivity (Wildman–Crippen MR) is 74.4 cm³/mol. The Morgan fingerprint density at radius 3 is 2.76 bits per heavy atom. The molecule has 1 aliphatic carbocycles. The Balaban J connectivity index is 2.39. The van der Waals surface area contributed by atoms with Gasteiger partial charge in [-0.15, -0.1) is 0 Å². The molecule has 6 heteroatoms. The number of methoxy groups -OCH3 is 2. The van der Waals surface area contributed by atoms with E-state index in [1.54, 1.807) is 39.3 Å². The summed E-state index contributed by atoms with van der Waals surface area (Å²) < 4.78 is 15.5. The maximum Gasteiger partial charge on any atom is 0.335 e. The monoisotopic (exact) mass is 291 g/mol. The Bertz CT molecular complexity index is 594. The molecule has 112 valence electrons. The van der Waals surface area contributed by atoms with Gasteiger partial charge < -0.3 is 14.2 Å². The Labute approximate surface area is 122 Å². The zero-order valence-electron chi connectivity index (χ0n) is 12.2. The number of carbonyl (C=O) groups excluding carboxylic acids is 2. The van der Waals surface area contributed by atoms with Crippen LogP contribution in [0, 0.1) is 0 Å². The van der Waals surface area contributed by atoms with Crippen LogP contribution in [0.15, 0.2) is 23.2 Å². The molecule has 1 fully saturated rings. The molecule has 2 unspecified atom stereocenters. The fourth-order valence-electron chi connectivity index (χ4n) is 2.46. The van der Waals surface area contributed by atoms with Crippen LogP contribution >= 0.6 is 0 Å². The van der Waals surface area contributed by atoms with Crippen LogP contribution in [-0.4, -0.2) is 38.4 Å². The Kier molecular flexibility index (Phi) is 4.29. The number of rotatable bonds is 6. The average Bonchev–Trinajstić information content (AvgIpc) is 3.22. The summed E-state index contributed by atoms with van der Waals surface area (Å²) >= 11 is 0. The number of carbonyl (C=O) groups is 1. The van der Waals surface area contributed by atoms with E-state index in [4.69, 9.17) is 14.2 Å². The minimum absolute atomic E-state index is 0.233. The molecule has 1 aliphatic rings. The van der Waals surface area contributed by atoms with E-state index >= 15 is 0 Å². The second-order valence-corrected chi connectivity index (χ2v) is 4.71. The number of isocyanates is 1. The molecule has 6 nitrogen and oxygen atoms in total. The standard InChI is InChI=1S/C15H17NO5/c1-4-21-14(18)15(16-9-17)8-12(15)11-7-10(19-2)5-6-13(11)20-3/h5-7,12H,4,8H2,1-3H3. The van der Waals surface area contributed by atoms with Crippen molar-refractivity contribution in [3.63, 3.8) is 0 Å². The largest absolute Gasteiger partial charge is 0.497 e. The van der Waals surface area contributed by atoms with Crippen molar-refractivity contribution >= 4 is 12.0 Å². The van der Waals surface area contributed by atoms with E-state index in [2.05, 4.69) is 4.99 Å². The fraction of sp³-hybridized carbons (Fsp3) is 0.467. The number of nitrogens with zero attached hydrogens (tertiary/aromatic N) is 1. The van der Waals surface area contributed by atoms with Gasteiger partial charge in [0.1, 0.15) is 11.5 Å². The Hall–Kier alpha value is -2.33. The molecule has 1 saturated carbocycles. The summed E-state index contributed by atoms with van der Waals surface area (Å²) in [4.78, 5) is 26.5.